The molecule has 0 bridgehead atoms. The van der Waals surface area contributed by atoms with Gasteiger partial charge in [-0.2, -0.15) is 0 Å². The molecule has 1 aromatic rings. The van der Waals surface area contributed by atoms with E-state index in [0.29, 0.717) is 45.1 Å². The van der Waals surface area contributed by atoms with Gasteiger partial charge in [-0.1, -0.05) is 43.2 Å². The summed E-state index contributed by atoms with van der Waals surface area (Å²) in [7, 11) is 0. The summed E-state index contributed by atoms with van der Waals surface area (Å²) in [6, 6.07) is 6.83. The Morgan fingerprint density at radius 3 is 2.42 bits per heavy atom. The fourth-order valence-corrected chi connectivity index (χ4v) is 4.68. The third-order valence-corrected chi connectivity index (χ3v) is 6.74. The zero-order chi connectivity index (χ0) is 26.3. The van der Waals surface area contributed by atoms with Gasteiger partial charge < -0.3 is 26.0 Å². The van der Waals surface area contributed by atoms with Gasteiger partial charge in [0.05, 0.1) is 0 Å². The molecule has 2 heterocycles. The molecule has 36 heavy (non-hydrogen) atoms. The summed E-state index contributed by atoms with van der Waals surface area (Å²) in [4.78, 5) is 65.5. The second kappa shape index (κ2) is 12.0. The number of hydrogen-bond acceptors (Lipinski definition) is 5. The molecule has 4 N–H and O–H groups in total. The Labute approximate surface area is 211 Å². The van der Waals surface area contributed by atoms with E-state index in [1.807, 2.05) is 30.3 Å². The van der Waals surface area contributed by atoms with Crippen LogP contribution in [0.25, 0.3) is 0 Å². The third kappa shape index (κ3) is 7.05. The molecular weight excluding hydrogens is 464 g/mol. The molecule has 0 aliphatic carbocycles. The molecule has 0 saturated carbocycles. The summed E-state index contributed by atoms with van der Waals surface area (Å²) >= 11 is 0. The zero-order valence-electron chi connectivity index (χ0n) is 20.9. The Hall–Kier alpha value is -3.43. The number of hydrogen-bond donors (Lipinski definition) is 4. The standard InChI is InChI=1S/C26H36N4O6/c1-26(2)25(36)28-19(16-17-10-5-3-6-11-17)24(35)30-15-9-13-20(30)23(34)27-18(22(33)29-26)12-7-4-8-14-21(31)32/h3,5-6,10-11,18-20H,4,7-9,12-16H2,1-2H3,(H,27,34)(H,28,36)(H,29,33)(H,31,32). The van der Waals surface area contributed by atoms with Crippen molar-refractivity contribution in [1.82, 2.24) is 20.9 Å². The van der Waals surface area contributed by atoms with Crippen molar-refractivity contribution < 1.29 is 29.1 Å². The van der Waals surface area contributed by atoms with Crippen molar-refractivity contribution >= 4 is 29.6 Å². The highest BCUT2D eigenvalue weighted by Gasteiger charge is 2.42. The van der Waals surface area contributed by atoms with E-state index < -0.39 is 47.4 Å². The lowest BCUT2D eigenvalue weighted by molar-refractivity contribution is -0.144. The molecule has 196 valence electrons. The number of carbonyl (C=O) groups is 5. The highest BCUT2D eigenvalue weighted by Crippen LogP contribution is 2.21. The number of aliphatic carboxylic acids is 1. The van der Waals surface area contributed by atoms with Crippen molar-refractivity contribution in [3.05, 3.63) is 35.9 Å². The van der Waals surface area contributed by atoms with Crippen LogP contribution in [-0.4, -0.2) is 69.8 Å². The van der Waals surface area contributed by atoms with E-state index in [1.54, 1.807) is 13.8 Å². The number of carboxylic acids is 1. The van der Waals surface area contributed by atoms with Gasteiger partial charge in [0.1, 0.15) is 23.7 Å². The summed E-state index contributed by atoms with van der Waals surface area (Å²) in [5, 5.41) is 17.2. The molecule has 10 nitrogen and oxygen atoms in total. The topological polar surface area (TPSA) is 145 Å². The Balaban J connectivity index is 1.83. The van der Waals surface area contributed by atoms with Gasteiger partial charge in [0, 0.05) is 19.4 Å². The van der Waals surface area contributed by atoms with Crippen molar-refractivity contribution in [3.63, 3.8) is 0 Å². The van der Waals surface area contributed by atoms with Crippen LogP contribution >= 0.6 is 0 Å². The van der Waals surface area contributed by atoms with Crippen LogP contribution in [0.1, 0.15) is 64.4 Å². The predicted octanol–water partition coefficient (Wildman–Crippen LogP) is 1.13. The third-order valence-electron chi connectivity index (χ3n) is 6.74. The van der Waals surface area contributed by atoms with Crippen LogP contribution in [0.2, 0.25) is 0 Å². The largest absolute Gasteiger partial charge is 0.481 e. The number of carbonyl (C=O) groups excluding carboxylic acids is 4. The number of benzene rings is 1. The lowest BCUT2D eigenvalue weighted by Gasteiger charge is -2.34. The molecule has 3 rings (SSSR count). The minimum absolute atomic E-state index is 0.0414. The van der Waals surface area contributed by atoms with E-state index in [4.69, 9.17) is 5.11 Å². The average molecular weight is 501 g/mol. The van der Waals surface area contributed by atoms with Crippen molar-refractivity contribution in [2.24, 2.45) is 0 Å². The molecule has 0 radical (unpaired) electrons. The van der Waals surface area contributed by atoms with Crippen LogP contribution in [0.4, 0.5) is 0 Å². The fourth-order valence-electron chi connectivity index (χ4n) is 4.68. The van der Waals surface area contributed by atoms with Crippen LogP contribution in [-0.2, 0) is 30.4 Å². The maximum Gasteiger partial charge on any atom is 0.303 e. The Morgan fingerprint density at radius 2 is 1.72 bits per heavy atom. The highest BCUT2D eigenvalue weighted by molar-refractivity contribution is 5.99. The quantitative estimate of drug-likeness (QED) is 0.394. The first-order valence-electron chi connectivity index (χ1n) is 12.6. The van der Waals surface area contributed by atoms with Crippen molar-refractivity contribution in [3.8, 4) is 0 Å². The van der Waals surface area contributed by atoms with Gasteiger partial charge in [0.15, 0.2) is 0 Å². The predicted molar refractivity (Wildman–Crippen MR) is 132 cm³/mol. The Bertz CT molecular complexity index is 980. The van der Waals surface area contributed by atoms with Gasteiger partial charge in [-0.25, -0.2) is 0 Å². The van der Waals surface area contributed by atoms with Crippen LogP contribution in [0.3, 0.4) is 0 Å². The monoisotopic (exact) mass is 500 g/mol. The molecule has 10 heteroatoms. The summed E-state index contributed by atoms with van der Waals surface area (Å²) < 4.78 is 0. The van der Waals surface area contributed by atoms with Gasteiger partial charge in [-0.3, -0.25) is 24.0 Å². The number of amides is 4. The molecule has 2 fully saturated rings. The average Bonchev–Trinajstić information content (AvgIpc) is 3.32. The number of unbranched alkanes of at least 4 members (excludes halogenated alkanes) is 2. The minimum Gasteiger partial charge on any atom is -0.481 e. The molecule has 0 aromatic heterocycles. The number of nitrogens with zero attached hydrogens (tertiary/aromatic N) is 1. The van der Waals surface area contributed by atoms with Crippen LogP contribution < -0.4 is 16.0 Å². The van der Waals surface area contributed by atoms with Gasteiger partial charge in [0.25, 0.3) is 0 Å². The first-order valence-corrected chi connectivity index (χ1v) is 12.6. The van der Waals surface area contributed by atoms with Gasteiger partial charge >= 0.3 is 5.97 Å². The Kier molecular flexibility index (Phi) is 9.06. The normalized spacial score (nSPS) is 24.6. The summed E-state index contributed by atoms with van der Waals surface area (Å²) in [6.45, 7) is 3.51. The smallest absolute Gasteiger partial charge is 0.303 e. The SMILES string of the molecule is CC1(C)NC(=O)C(CCCCCC(=O)O)NC(=O)C2CCCN2C(=O)C(Cc2ccccc2)NC1=O. The molecule has 4 amide bonds. The van der Waals surface area contributed by atoms with Crippen molar-refractivity contribution in [2.45, 2.75) is 88.9 Å². The molecular formula is C26H36N4O6. The van der Waals surface area contributed by atoms with Crippen LogP contribution in [0.15, 0.2) is 30.3 Å². The summed E-state index contributed by atoms with van der Waals surface area (Å²) in [5.74, 6) is -2.57. The van der Waals surface area contributed by atoms with E-state index in [0.717, 1.165) is 5.56 Å². The molecule has 2 aliphatic heterocycles. The first kappa shape index (κ1) is 27.2. The van der Waals surface area contributed by atoms with E-state index >= 15 is 0 Å². The first-order chi connectivity index (χ1) is 17.1. The van der Waals surface area contributed by atoms with Crippen LogP contribution in [0.5, 0.6) is 0 Å². The van der Waals surface area contributed by atoms with Crippen molar-refractivity contribution in [1.29, 1.82) is 0 Å². The lowest BCUT2D eigenvalue weighted by atomic mass is 9.98. The fraction of sp³-hybridized carbons (Fsp3) is 0.577. The maximum atomic E-state index is 13.6. The van der Waals surface area contributed by atoms with E-state index in [2.05, 4.69) is 16.0 Å². The summed E-state index contributed by atoms with van der Waals surface area (Å²) in [5.41, 5.74) is -0.462. The van der Waals surface area contributed by atoms with Gasteiger partial charge in [-0.15, -0.1) is 0 Å². The molecule has 2 saturated heterocycles. The molecule has 0 spiro atoms. The molecule has 1 aromatic carbocycles. The number of rotatable bonds is 8. The Morgan fingerprint density at radius 1 is 1.00 bits per heavy atom. The van der Waals surface area contributed by atoms with Crippen molar-refractivity contribution in [2.75, 3.05) is 6.54 Å². The van der Waals surface area contributed by atoms with E-state index in [-0.39, 0.29) is 18.7 Å². The lowest BCUT2D eigenvalue weighted by Crippen LogP contribution is -2.64. The van der Waals surface area contributed by atoms with Crippen LogP contribution in [0, 0.1) is 0 Å². The van der Waals surface area contributed by atoms with Gasteiger partial charge in [-0.05, 0) is 45.1 Å². The molecule has 3 atom stereocenters. The number of fused-ring (bicyclic) bond motifs is 1. The van der Waals surface area contributed by atoms with Gasteiger partial charge in [0.2, 0.25) is 23.6 Å². The minimum atomic E-state index is -1.33. The summed E-state index contributed by atoms with van der Waals surface area (Å²) in [6.07, 6.45) is 3.32. The van der Waals surface area contributed by atoms with E-state index in [9.17, 15) is 24.0 Å². The second-order valence-electron chi connectivity index (χ2n) is 10.1. The highest BCUT2D eigenvalue weighted by atomic mass is 16.4. The zero-order valence-corrected chi connectivity index (χ0v) is 20.9. The van der Waals surface area contributed by atoms with E-state index in [1.165, 1.54) is 4.90 Å². The number of carboxylic acid groups (broad SMARTS) is 1. The number of nitrogens with one attached hydrogen (secondary N) is 3. The molecule has 2 aliphatic rings. The second-order valence-corrected chi connectivity index (χ2v) is 10.1. The molecule has 3 unspecified atom stereocenters. The maximum absolute atomic E-state index is 13.6.